The van der Waals surface area contributed by atoms with E-state index in [1.807, 2.05) is 25.3 Å². The number of nitrogens with one attached hydrogen (secondary N) is 1. The van der Waals surface area contributed by atoms with Crippen LogP contribution in [0.5, 0.6) is 0 Å². The van der Waals surface area contributed by atoms with Crippen molar-refractivity contribution in [3.63, 3.8) is 0 Å². The maximum absolute atomic E-state index is 11.4. The molecule has 0 unspecified atom stereocenters. The van der Waals surface area contributed by atoms with E-state index in [0.717, 1.165) is 11.4 Å². The van der Waals surface area contributed by atoms with Gasteiger partial charge in [-0.05, 0) is 25.1 Å². The van der Waals surface area contributed by atoms with Crippen molar-refractivity contribution >= 4 is 5.69 Å². The van der Waals surface area contributed by atoms with E-state index in [9.17, 15) is 4.79 Å². The lowest BCUT2D eigenvalue weighted by atomic mass is 10.3. The molecule has 4 heteroatoms. The highest BCUT2D eigenvalue weighted by molar-refractivity contribution is 5.40. The fourth-order valence-corrected chi connectivity index (χ4v) is 1.49. The van der Waals surface area contributed by atoms with Gasteiger partial charge in [-0.2, -0.15) is 0 Å². The molecular formula is C12H14N2O2. The summed E-state index contributed by atoms with van der Waals surface area (Å²) < 4.78 is 6.86. The first-order valence-corrected chi connectivity index (χ1v) is 5.26. The van der Waals surface area contributed by atoms with Crippen LogP contribution in [0.3, 0.4) is 0 Å². The van der Waals surface area contributed by atoms with Gasteiger partial charge in [0.1, 0.15) is 5.76 Å². The molecule has 2 rings (SSSR count). The number of rotatable bonds is 4. The molecule has 0 fully saturated rings. The second kappa shape index (κ2) is 4.70. The van der Waals surface area contributed by atoms with Crippen LogP contribution >= 0.6 is 0 Å². The Morgan fingerprint density at radius 1 is 1.38 bits per heavy atom. The third-order valence-corrected chi connectivity index (χ3v) is 2.37. The Kier molecular flexibility index (Phi) is 3.10. The largest absolute Gasteiger partial charge is 0.467 e. The third kappa shape index (κ3) is 2.34. The first-order chi connectivity index (χ1) is 7.79. The van der Waals surface area contributed by atoms with Crippen LogP contribution < -0.4 is 10.9 Å². The standard InChI is InChI=1S/C12H14N2O2/c1-2-14-9-10(5-6-12(14)15)13-8-11-4-3-7-16-11/h3-7,9,13H,2,8H2,1H3. The topological polar surface area (TPSA) is 47.2 Å². The van der Waals surface area contributed by atoms with Crippen molar-refractivity contribution in [1.82, 2.24) is 4.57 Å². The first-order valence-electron chi connectivity index (χ1n) is 5.26. The Morgan fingerprint density at radius 2 is 2.25 bits per heavy atom. The van der Waals surface area contributed by atoms with Gasteiger partial charge in [-0.3, -0.25) is 4.79 Å². The minimum Gasteiger partial charge on any atom is -0.467 e. The van der Waals surface area contributed by atoms with Crippen molar-refractivity contribution in [2.24, 2.45) is 0 Å². The normalized spacial score (nSPS) is 10.3. The van der Waals surface area contributed by atoms with Crippen LogP contribution in [0.2, 0.25) is 0 Å². The summed E-state index contributed by atoms with van der Waals surface area (Å²) in [6.07, 6.45) is 3.45. The van der Waals surface area contributed by atoms with Crippen LogP contribution in [0.25, 0.3) is 0 Å². The molecule has 0 radical (unpaired) electrons. The smallest absolute Gasteiger partial charge is 0.250 e. The minimum absolute atomic E-state index is 0.0195. The molecule has 0 aliphatic heterocycles. The van der Waals surface area contributed by atoms with Crippen molar-refractivity contribution in [1.29, 1.82) is 0 Å². The lowest BCUT2D eigenvalue weighted by Crippen LogP contribution is -2.17. The molecule has 2 aromatic heterocycles. The summed E-state index contributed by atoms with van der Waals surface area (Å²) in [4.78, 5) is 11.4. The number of anilines is 1. The van der Waals surface area contributed by atoms with Gasteiger partial charge in [0.2, 0.25) is 0 Å². The van der Waals surface area contributed by atoms with E-state index in [0.29, 0.717) is 13.1 Å². The number of aryl methyl sites for hydroxylation is 1. The van der Waals surface area contributed by atoms with Gasteiger partial charge in [0.15, 0.2) is 0 Å². The van der Waals surface area contributed by atoms with Crippen molar-refractivity contribution < 1.29 is 4.42 Å². The predicted molar refractivity (Wildman–Crippen MR) is 62.4 cm³/mol. The van der Waals surface area contributed by atoms with Crippen LogP contribution in [0, 0.1) is 0 Å². The van der Waals surface area contributed by atoms with Crippen molar-refractivity contribution in [3.8, 4) is 0 Å². The number of pyridine rings is 1. The fourth-order valence-electron chi connectivity index (χ4n) is 1.49. The molecule has 2 aromatic rings. The molecule has 4 nitrogen and oxygen atoms in total. The zero-order chi connectivity index (χ0) is 11.4. The lowest BCUT2D eigenvalue weighted by Gasteiger charge is -2.07. The second-order valence-corrected chi connectivity index (χ2v) is 3.47. The van der Waals surface area contributed by atoms with E-state index in [1.165, 1.54) is 0 Å². The lowest BCUT2D eigenvalue weighted by molar-refractivity contribution is 0.518. The SMILES string of the molecule is CCn1cc(NCc2ccco2)ccc1=O. The summed E-state index contributed by atoms with van der Waals surface area (Å²) in [5.74, 6) is 0.870. The van der Waals surface area contributed by atoms with Crippen molar-refractivity contribution in [2.75, 3.05) is 5.32 Å². The average Bonchev–Trinajstić information content (AvgIpc) is 2.81. The van der Waals surface area contributed by atoms with Gasteiger partial charge < -0.3 is 14.3 Å². The number of hydrogen-bond acceptors (Lipinski definition) is 3. The molecule has 0 atom stereocenters. The minimum atomic E-state index is 0.0195. The highest BCUT2D eigenvalue weighted by Crippen LogP contribution is 2.07. The number of aromatic nitrogens is 1. The molecule has 0 aliphatic rings. The number of nitrogens with zero attached hydrogens (tertiary/aromatic N) is 1. The van der Waals surface area contributed by atoms with Crippen LogP contribution in [0.1, 0.15) is 12.7 Å². The van der Waals surface area contributed by atoms with Crippen LogP contribution in [-0.4, -0.2) is 4.57 Å². The summed E-state index contributed by atoms with van der Waals surface area (Å²) in [7, 11) is 0. The molecule has 84 valence electrons. The molecule has 0 saturated carbocycles. The second-order valence-electron chi connectivity index (χ2n) is 3.47. The Balaban J connectivity index is 2.07. The Bertz CT molecular complexity index is 500. The molecule has 0 aliphatic carbocycles. The van der Waals surface area contributed by atoms with E-state index in [1.54, 1.807) is 23.0 Å². The predicted octanol–water partition coefficient (Wildman–Crippen LogP) is 2.07. The molecular weight excluding hydrogens is 204 g/mol. The van der Waals surface area contributed by atoms with E-state index in [-0.39, 0.29) is 5.56 Å². The first kappa shape index (κ1) is 10.5. The summed E-state index contributed by atoms with van der Waals surface area (Å²) >= 11 is 0. The highest BCUT2D eigenvalue weighted by Gasteiger charge is 1.98. The molecule has 0 saturated heterocycles. The van der Waals surface area contributed by atoms with Crippen molar-refractivity contribution in [2.45, 2.75) is 20.0 Å². The van der Waals surface area contributed by atoms with Gasteiger partial charge >= 0.3 is 0 Å². The highest BCUT2D eigenvalue weighted by atomic mass is 16.3. The Labute approximate surface area is 93.5 Å². The number of furan rings is 1. The summed E-state index contributed by atoms with van der Waals surface area (Å²) in [6.45, 7) is 3.24. The zero-order valence-electron chi connectivity index (χ0n) is 9.14. The molecule has 1 N–H and O–H groups in total. The van der Waals surface area contributed by atoms with Crippen LogP contribution in [0.15, 0.2) is 45.9 Å². The zero-order valence-corrected chi connectivity index (χ0v) is 9.14. The average molecular weight is 218 g/mol. The molecule has 0 spiro atoms. The molecule has 16 heavy (non-hydrogen) atoms. The van der Waals surface area contributed by atoms with Gasteiger partial charge in [-0.25, -0.2) is 0 Å². The maximum Gasteiger partial charge on any atom is 0.250 e. The molecule has 2 heterocycles. The molecule has 0 amide bonds. The summed E-state index contributed by atoms with van der Waals surface area (Å²) in [5.41, 5.74) is 0.934. The van der Waals surface area contributed by atoms with Crippen LogP contribution in [0.4, 0.5) is 5.69 Å². The van der Waals surface area contributed by atoms with Gasteiger partial charge in [0, 0.05) is 18.8 Å². The quantitative estimate of drug-likeness (QED) is 0.854. The van der Waals surface area contributed by atoms with E-state index >= 15 is 0 Å². The molecule has 0 aromatic carbocycles. The summed E-state index contributed by atoms with van der Waals surface area (Å²) in [5, 5.41) is 3.20. The van der Waals surface area contributed by atoms with Gasteiger partial charge in [0.25, 0.3) is 5.56 Å². The maximum atomic E-state index is 11.4. The van der Waals surface area contributed by atoms with Gasteiger partial charge in [-0.15, -0.1) is 0 Å². The van der Waals surface area contributed by atoms with Gasteiger partial charge in [-0.1, -0.05) is 0 Å². The Hall–Kier alpha value is -1.97. The molecule has 0 bridgehead atoms. The summed E-state index contributed by atoms with van der Waals surface area (Å²) in [6, 6.07) is 7.10. The third-order valence-electron chi connectivity index (χ3n) is 2.37. The Morgan fingerprint density at radius 3 is 2.94 bits per heavy atom. The van der Waals surface area contributed by atoms with E-state index in [2.05, 4.69) is 5.32 Å². The van der Waals surface area contributed by atoms with E-state index < -0.39 is 0 Å². The monoisotopic (exact) mass is 218 g/mol. The number of hydrogen-bond donors (Lipinski definition) is 1. The van der Waals surface area contributed by atoms with Crippen LogP contribution in [-0.2, 0) is 13.1 Å². The van der Waals surface area contributed by atoms with E-state index in [4.69, 9.17) is 4.42 Å². The van der Waals surface area contributed by atoms with Crippen molar-refractivity contribution in [3.05, 3.63) is 52.8 Å². The van der Waals surface area contributed by atoms with Gasteiger partial charge in [0.05, 0.1) is 18.5 Å². The fraction of sp³-hybridized carbons (Fsp3) is 0.250.